The maximum Gasteiger partial charge on any atom is 0.311 e. The first kappa shape index (κ1) is 15.5. The summed E-state index contributed by atoms with van der Waals surface area (Å²) in [6.07, 6.45) is 0.750. The molecule has 0 aliphatic rings. The van der Waals surface area contributed by atoms with Gasteiger partial charge in [0.1, 0.15) is 0 Å². The highest BCUT2D eigenvalue weighted by Gasteiger charge is 2.15. The summed E-state index contributed by atoms with van der Waals surface area (Å²) in [6.45, 7) is 3.87. The van der Waals surface area contributed by atoms with Crippen LogP contribution in [0.1, 0.15) is 18.1 Å². The number of hydrogen-bond acceptors (Lipinski definition) is 5. The van der Waals surface area contributed by atoms with Gasteiger partial charge in [-0.05, 0) is 40.6 Å². The van der Waals surface area contributed by atoms with Crippen LogP contribution < -0.4 is 10.1 Å². The van der Waals surface area contributed by atoms with Crippen molar-refractivity contribution in [2.45, 2.75) is 19.9 Å². The van der Waals surface area contributed by atoms with Crippen LogP contribution in [0.3, 0.4) is 0 Å². The molecule has 1 aromatic heterocycles. The van der Waals surface area contributed by atoms with Gasteiger partial charge in [0.15, 0.2) is 5.75 Å². The average molecular weight is 306 g/mol. The Morgan fingerprint density at radius 2 is 2.19 bits per heavy atom. The van der Waals surface area contributed by atoms with Crippen LogP contribution in [0, 0.1) is 10.1 Å². The number of thiophene rings is 1. The third kappa shape index (κ3) is 4.54. The summed E-state index contributed by atoms with van der Waals surface area (Å²) in [6, 6.07) is 7.14. The lowest BCUT2D eigenvalue weighted by atomic mass is 10.2. The van der Waals surface area contributed by atoms with Crippen molar-refractivity contribution >= 4 is 17.0 Å². The van der Waals surface area contributed by atoms with E-state index in [9.17, 15) is 10.1 Å². The van der Waals surface area contributed by atoms with E-state index in [-0.39, 0.29) is 5.69 Å². The van der Waals surface area contributed by atoms with Crippen molar-refractivity contribution in [2.24, 2.45) is 0 Å². The van der Waals surface area contributed by atoms with Crippen molar-refractivity contribution in [1.29, 1.82) is 0 Å². The molecule has 1 N–H and O–H groups in total. The summed E-state index contributed by atoms with van der Waals surface area (Å²) >= 11 is 1.63. The number of nitrogens with one attached hydrogen (secondary N) is 1. The van der Waals surface area contributed by atoms with E-state index in [1.807, 2.05) is 24.4 Å². The van der Waals surface area contributed by atoms with Crippen LogP contribution in [0.2, 0.25) is 0 Å². The molecule has 6 heteroatoms. The van der Waals surface area contributed by atoms with Gasteiger partial charge in [0.25, 0.3) is 0 Å². The van der Waals surface area contributed by atoms with Gasteiger partial charge in [-0.2, -0.15) is 11.3 Å². The van der Waals surface area contributed by atoms with Gasteiger partial charge in [0, 0.05) is 19.0 Å². The van der Waals surface area contributed by atoms with Crippen LogP contribution in [0.5, 0.6) is 5.75 Å². The van der Waals surface area contributed by atoms with Gasteiger partial charge >= 0.3 is 5.69 Å². The first-order valence-corrected chi connectivity index (χ1v) is 7.77. The zero-order chi connectivity index (χ0) is 15.1. The van der Waals surface area contributed by atoms with E-state index >= 15 is 0 Å². The van der Waals surface area contributed by atoms with Gasteiger partial charge in [-0.3, -0.25) is 10.1 Å². The predicted octanol–water partition coefficient (Wildman–Crippen LogP) is 3.39. The molecule has 0 radical (unpaired) electrons. The molecule has 0 spiro atoms. The molecule has 2 aromatic rings. The molecule has 0 atom stereocenters. The van der Waals surface area contributed by atoms with Gasteiger partial charge in [-0.15, -0.1) is 0 Å². The van der Waals surface area contributed by atoms with Crippen LogP contribution in [-0.4, -0.2) is 18.1 Å². The first-order chi connectivity index (χ1) is 10.2. The molecule has 0 saturated heterocycles. The highest BCUT2D eigenvalue weighted by molar-refractivity contribution is 7.07. The molecule has 0 unspecified atom stereocenters. The quantitative estimate of drug-likeness (QED) is 0.600. The van der Waals surface area contributed by atoms with E-state index in [0.717, 1.165) is 18.5 Å². The average Bonchev–Trinajstić information content (AvgIpc) is 2.99. The number of nitro benzene ring substituents is 1. The number of benzene rings is 1. The molecule has 0 fully saturated rings. The topological polar surface area (TPSA) is 64.4 Å². The predicted molar refractivity (Wildman–Crippen MR) is 84.0 cm³/mol. The minimum atomic E-state index is -0.393. The van der Waals surface area contributed by atoms with Crippen LogP contribution in [0.25, 0.3) is 0 Å². The highest BCUT2D eigenvalue weighted by atomic mass is 32.1. The third-order valence-corrected chi connectivity index (χ3v) is 3.76. The summed E-state index contributed by atoms with van der Waals surface area (Å²) in [7, 11) is 0. The van der Waals surface area contributed by atoms with Gasteiger partial charge in [0.05, 0.1) is 11.5 Å². The molecular formula is C15H18N2O3S. The summed E-state index contributed by atoms with van der Waals surface area (Å²) < 4.78 is 5.57. The Morgan fingerprint density at radius 1 is 1.33 bits per heavy atom. The second-order valence-electron chi connectivity index (χ2n) is 4.57. The molecular weight excluding hydrogens is 288 g/mol. The third-order valence-electron chi connectivity index (χ3n) is 3.03. The Bertz CT molecular complexity index is 585. The largest absolute Gasteiger partial charge is 0.486 e. The fraction of sp³-hybridized carbons (Fsp3) is 0.333. The van der Waals surface area contributed by atoms with Crippen molar-refractivity contribution in [3.8, 4) is 5.75 Å². The van der Waals surface area contributed by atoms with Crippen molar-refractivity contribution in [3.05, 3.63) is 56.3 Å². The van der Waals surface area contributed by atoms with E-state index in [0.29, 0.717) is 18.9 Å². The maximum atomic E-state index is 11.1. The Hall–Kier alpha value is -1.92. The molecule has 0 saturated carbocycles. The molecule has 112 valence electrons. The first-order valence-electron chi connectivity index (χ1n) is 6.82. The van der Waals surface area contributed by atoms with Crippen molar-refractivity contribution < 1.29 is 9.66 Å². The van der Waals surface area contributed by atoms with Crippen LogP contribution in [0.15, 0.2) is 35.0 Å². The Morgan fingerprint density at radius 3 is 2.86 bits per heavy atom. The fourth-order valence-electron chi connectivity index (χ4n) is 1.92. The Labute approximate surface area is 127 Å². The molecule has 0 aliphatic carbocycles. The number of hydrogen-bond donors (Lipinski definition) is 1. The van der Waals surface area contributed by atoms with Crippen molar-refractivity contribution in [3.63, 3.8) is 0 Å². The zero-order valence-electron chi connectivity index (χ0n) is 11.9. The number of rotatable bonds is 8. The Kier molecular flexibility index (Phi) is 5.71. The normalized spacial score (nSPS) is 10.5. The second kappa shape index (κ2) is 7.75. The molecule has 1 aromatic carbocycles. The SMILES string of the molecule is CCNCc1ccc(OCCc2ccsc2)c([N+](=O)[O-])c1. The lowest BCUT2D eigenvalue weighted by Crippen LogP contribution is -2.12. The zero-order valence-corrected chi connectivity index (χ0v) is 12.7. The monoisotopic (exact) mass is 306 g/mol. The minimum Gasteiger partial charge on any atom is -0.486 e. The van der Waals surface area contributed by atoms with E-state index in [1.165, 1.54) is 5.56 Å². The summed E-state index contributed by atoms with van der Waals surface area (Å²) in [4.78, 5) is 10.8. The van der Waals surface area contributed by atoms with E-state index in [4.69, 9.17) is 4.74 Å². The number of nitrogens with zero attached hydrogens (tertiary/aromatic N) is 1. The molecule has 0 amide bonds. The van der Waals surface area contributed by atoms with E-state index in [2.05, 4.69) is 10.7 Å². The standard InChI is InChI=1S/C15H18N2O3S/c1-2-16-10-13-3-4-15(14(9-13)17(18)19)20-7-5-12-6-8-21-11-12/h3-4,6,8-9,11,16H,2,5,7,10H2,1H3. The number of ether oxygens (including phenoxy) is 1. The van der Waals surface area contributed by atoms with Gasteiger partial charge in [0.2, 0.25) is 0 Å². The van der Waals surface area contributed by atoms with Gasteiger partial charge in [-0.25, -0.2) is 0 Å². The minimum absolute atomic E-state index is 0.0238. The van der Waals surface area contributed by atoms with E-state index in [1.54, 1.807) is 23.5 Å². The van der Waals surface area contributed by atoms with Crippen LogP contribution in [0.4, 0.5) is 5.69 Å². The molecule has 1 heterocycles. The van der Waals surface area contributed by atoms with E-state index < -0.39 is 4.92 Å². The second-order valence-corrected chi connectivity index (χ2v) is 5.35. The van der Waals surface area contributed by atoms with Gasteiger partial charge < -0.3 is 10.1 Å². The van der Waals surface area contributed by atoms with Crippen LogP contribution >= 0.6 is 11.3 Å². The summed E-state index contributed by atoms with van der Waals surface area (Å²) in [5, 5.41) is 18.4. The molecule has 21 heavy (non-hydrogen) atoms. The maximum absolute atomic E-state index is 11.1. The molecule has 0 aliphatic heterocycles. The van der Waals surface area contributed by atoms with Gasteiger partial charge in [-0.1, -0.05) is 13.0 Å². The molecule has 0 bridgehead atoms. The fourth-order valence-corrected chi connectivity index (χ4v) is 2.62. The van der Waals surface area contributed by atoms with Crippen LogP contribution in [-0.2, 0) is 13.0 Å². The molecule has 5 nitrogen and oxygen atoms in total. The smallest absolute Gasteiger partial charge is 0.311 e. The molecule has 2 rings (SSSR count). The highest BCUT2D eigenvalue weighted by Crippen LogP contribution is 2.28. The lowest BCUT2D eigenvalue weighted by molar-refractivity contribution is -0.385. The summed E-state index contributed by atoms with van der Waals surface area (Å²) in [5.41, 5.74) is 2.09. The van der Waals surface area contributed by atoms with Crippen molar-refractivity contribution in [2.75, 3.05) is 13.2 Å². The number of nitro groups is 1. The lowest BCUT2D eigenvalue weighted by Gasteiger charge is -2.08. The van der Waals surface area contributed by atoms with Crippen molar-refractivity contribution in [1.82, 2.24) is 5.32 Å². The summed E-state index contributed by atoms with van der Waals surface area (Å²) in [5.74, 6) is 0.329. The Balaban J connectivity index is 2.01.